The lowest BCUT2D eigenvalue weighted by Gasteiger charge is -2.13. The van der Waals surface area contributed by atoms with Crippen LogP contribution in [0.1, 0.15) is 32.3 Å². The fourth-order valence-electron chi connectivity index (χ4n) is 1.57. The predicted molar refractivity (Wildman–Crippen MR) is 62.5 cm³/mol. The molecule has 14 heavy (non-hydrogen) atoms. The van der Waals surface area contributed by atoms with Crippen molar-refractivity contribution < 1.29 is 0 Å². The maximum absolute atomic E-state index is 3.53. The molecule has 1 heteroatoms. The van der Waals surface area contributed by atoms with Crippen molar-refractivity contribution in [2.75, 3.05) is 6.54 Å². The fraction of sp³-hybridized carbons (Fsp3) is 0.538. The van der Waals surface area contributed by atoms with Gasteiger partial charge in [-0.25, -0.2) is 0 Å². The van der Waals surface area contributed by atoms with Gasteiger partial charge < -0.3 is 5.32 Å². The van der Waals surface area contributed by atoms with Gasteiger partial charge >= 0.3 is 0 Å². The van der Waals surface area contributed by atoms with Crippen molar-refractivity contribution in [3.8, 4) is 0 Å². The Bertz CT molecular complexity index is 230. The van der Waals surface area contributed by atoms with Crippen molar-refractivity contribution in [3.63, 3.8) is 0 Å². The van der Waals surface area contributed by atoms with Gasteiger partial charge in [-0.05, 0) is 31.9 Å². The first kappa shape index (κ1) is 11.3. The van der Waals surface area contributed by atoms with E-state index >= 15 is 0 Å². The normalized spacial score (nSPS) is 12.7. The molecule has 0 aliphatic carbocycles. The maximum Gasteiger partial charge on any atom is 0.00791 e. The summed E-state index contributed by atoms with van der Waals surface area (Å²) in [5.74, 6) is 0. The van der Waals surface area contributed by atoms with Gasteiger partial charge in [0, 0.05) is 6.04 Å². The number of hydrogen-bond donors (Lipinski definition) is 1. The summed E-state index contributed by atoms with van der Waals surface area (Å²) in [6, 6.07) is 11.3. The highest BCUT2D eigenvalue weighted by Gasteiger charge is 2.00. The first-order chi connectivity index (χ1) is 6.83. The summed E-state index contributed by atoms with van der Waals surface area (Å²) in [6.45, 7) is 5.62. The molecule has 0 saturated carbocycles. The van der Waals surface area contributed by atoms with Crippen LogP contribution in [0.15, 0.2) is 30.3 Å². The largest absolute Gasteiger partial charge is 0.314 e. The quantitative estimate of drug-likeness (QED) is 0.682. The van der Waals surface area contributed by atoms with E-state index in [0.717, 1.165) is 13.0 Å². The fourth-order valence-corrected chi connectivity index (χ4v) is 1.57. The molecule has 1 aromatic carbocycles. The van der Waals surface area contributed by atoms with E-state index in [9.17, 15) is 0 Å². The molecular weight excluding hydrogens is 170 g/mol. The molecule has 1 nitrogen and oxygen atoms in total. The van der Waals surface area contributed by atoms with Crippen LogP contribution in [-0.4, -0.2) is 12.6 Å². The van der Waals surface area contributed by atoms with Crippen molar-refractivity contribution in [1.29, 1.82) is 0 Å². The molecular formula is C13H21N. The van der Waals surface area contributed by atoms with Crippen LogP contribution >= 0.6 is 0 Å². The van der Waals surface area contributed by atoms with Crippen LogP contribution in [-0.2, 0) is 6.42 Å². The Labute approximate surface area is 87.5 Å². The molecule has 0 radical (unpaired) electrons. The van der Waals surface area contributed by atoms with E-state index in [1.807, 2.05) is 0 Å². The van der Waals surface area contributed by atoms with E-state index in [1.54, 1.807) is 0 Å². The average Bonchev–Trinajstić information content (AvgIpc) is 2.20. The minimum Gasteiger partial charge on any atom is -0.314 e. The number of rotatable bonds is 6. The van der Waals surface area contributed by atoms with E-state index in [4.69, 9.17) is 0 Å². The van der Waals surface area contributed by atoms with Gasteiger partial charge in [-0.2, -0.15) is 0 Å². The third-order valence-corrected chi connectivity index (χ3v) is 2.41. The SMILES string of the molecule is CCCCNC(C)Cc1ccccc1. The molecule has 1 unspecified atom stereocenters. The Morgan fingerprint density at radius 2 is 1.93 bits per heavy atom. The lowest BCUT2D eigenvalue weighted by atomic mass is 10.1. The van der Waals surface area contributed by atoms with E-state index in [-0.39, 0.29) is 0 Å². The van der Waals surface area contributed by atoms with E-state index in [2.05, 4.69) is 49.5 Å². The van der Waals surface area contributed by atoms with E-state index < -0.39 is 0 Å². The van der Waals surface area contributed by atoms with Crippen molar-refractivity contribution in [2.24, 2.45) is 0 Å². The number of benzene rings is 1. The van der Waals surface area contributed by atoms with Gasteiger partial charge in [0.1, 0.15) is 0 Å². The summed E-state index contributed by atoms with van der Waals surface area (Å²) < 4.78 is 0. The molecule has 0 aliphatic rings. The second kappa shape index (κ2) is 6.61. The van der Waals surface area contributed by atoms with Crippen LogP contribution in [0.5, 0.6) is 0 Å². The first-order valence-electron chi connectivity index (χ1n) is 5.60. The van der Waals surface area contributed by atoms with Gasteiger partial charge in [0.15, 0.2) is 0 Å². The number of unbranched alkanes of at least 4 members (excludes halogenated alkanes) is 1. The molecule has 0 aromatic heterocycles. The number of nitrogens with one attached hydrogen (secondary N) is 1. The highest BCUT2D eigenvalue weighted by Crippen LogP contribution is 2.02. The van der Waals surface area contributed by atoms with Crippen molar-refractivity contribution in [1.82, 2.24) is 5.32 Å². The Hall–Kier alpha value is -0.820. The van der Waals surface area contributed by atoms with Crippen molar-refractivity contribution in [3.05, 3.63) is 35.9 Å². The van der Waals surface area contributed by atoms with Crippen LogP contribution in [0.25, 0.3) is 0 Å². The summed E-state index contributed by atoms with van der Waals surface area (Å²) >= 11 is 0. The third kappa shape index (κ3) is 4.43. The van der Waals surface area contributed by atoms with Crippen LogP contribution in [0.3, 0.4) is 0 Å². The van der Waals surface area contributed by atoms with Crippen LogP contribution in [0.2, 0.25) is 0 Å². The minimum absolute atomic E-state index is 0.587. The monoisotopic (exact) mass is 191 g/mol. The second-order valence-corrected chi connectivity index (χ2v) is 3.90. The zero-order valence-electron chi connectivity index (χ0n) is 9.29. The smallest absolute Gasteiger partial charge is 0.00791 e. The molecule has 0 saturated heterocycles. The standard InChI is InChI=1S/C13H21N/c1-3-4-10-14-12(2)11-13-8-6-5-7-9-13/h5-9,12,14H,3-4,10-11H2,1-2H3. The van der Waals surface area contributed by atoms with Crippen LogP contribution in [0.4, 0.5) is 0 Å². The van der Waals surface area contributed by atoms with Gasteiger partial charge in [0.05, 0.1) is 0 Å². The third-order valence-electron chi connectivity index (χ3n) is 2.41. The molecule has 78 valence electrons. The average molecular weight is 191 g/mol. The van der Waals surface area contributed by atoms with Crippen LogP contribution < -0.4 is 5.32 Å². The Morgan fingerprint density at radius 3 is 2.57 bits per heavy atom. The van der Waals surface area contributed by atoms with Gasteiger partial charge in [-0.3, -0.25) is 0 Å². The lowest BCUT2D eigenvalue weighted by Crippen LogP contribution is -2.28. The van der Waals surface area contributed by atoms with Crippen LogP contribution in [0, 0.1) is 0 Å². The molecule has 0 heterocycles. The summed E-state index contributed by atoms with van der Waals surface area (Å²) in [5, 5.41) is 3.53. The maximum atomic E-state index is 3.53. The van der Waals surface area contributed by atoms with Gasteiger partial charge in [0.25, 0.3) is 0 Å². The Morgan fingerprint density at radius 1 is 1.21 bits per heavy atom. The van der Waals surface area contributed by atoms with E-state index in [0.29, 0.717) is 6.04 Å². The Kier molecular flexibility index (Phi) is 5.31. The second-order valence-electron chi connectivity index (χ2n) is 3.90. The lowest BCUT2D eigenvalue weighted by molar-refractivity contribution is 0.531. The molecule has 0 fully saturated rings. The zero-order valence-corrected chi connectivity index (χ0v) is 9.29. The zero-order chi connectivity index (χ0) is 10.2. The topological polar surface area (TPSA) is 12.0 Å². The predicted octanol–water partition coefficient (Wildman–Crippen LogP) is 3.01. The summed E-state index contributed by atoms with van der Waals surface area (Å²) in [6.07, 6.45) is 3.68. The molecule has 1 N–H and O–H groups in total. The summed E-state index contributed by atoms with van der Waals surface area (Å²) in [5.41, 5.74) is 1.42. The van der Waals surface area contributed by atoms with E-state index in [1.165, 1.54) is 18.4 Å². The van der Waals surface area contributed by atoms with Gasteiger partial charge in [-0.1, -0.05) is 43.7 Å². The minimum atomic E-state index is 0.587. The molecule has 1 atom stereocenters. The van der Waals surface area contributed by atoms with Gasteiger partial charge in [-0.15, -0.1) is 0 Å². The summed E-state index contributed by atoms with van der Waals surface area (Å²) in [4.78, 5) is 0. The molecule has 0 bridgehead atoms. The Balaban J connectivity index is 2.23. The number of hydrogen-bond acceptors (Lipinski definition) is 1. The highest BCUT2D eigenvalue weighted by atomic mass is 14.9. The molecule has 0 aliphatic heterocycles. The van der Waals surface area contributed by atoms with Gasteiger partial charge in [0.2, 0.25) is 0 Å². The summed E-state index contributed by atoms with van der Waals surface area (Å²) in [7, 11) is 0. The first-order valence-corrected chi connectivity index (χ1v) is 5.60. The molecule has 1 rings (SSSR count). The van der Waals surface area contributed by atoms with Crippen molar-refractivity contribution >= 4 is 0 Å². The van der Waals surface area contributed by atoms with Crippen molar-refractivity contribution in [2.45, 2.75) is 39.2 Å². The molecule has 1 aromatic rings. The molecule has 0 amide bonds. The molecule has 0 spiro atoms. The highest BCUT2D eigenvalue weighted by molar-refractivity contribution is 5.15.